The van der Waals surface area contributed by atoms with Gasteiger partial charge in [0.05, 0.1) is 6.54 Å². The van der Waals surface area contributed by atoms with E-state index in [9.17, 15) is 18.0 Å². The fourth-order valence-corrected chi connectivity index (χ4v) is 4.31. The highest BCUT2D eigenvalue weighted by Gasteiger charge is 2.36. The molecule has 24 heavy (non-hydrogen) atoms. The highest BCUT2D eigenvalue weighted by molar-refractivity contribution is 7.90. The number of carbonyl (C=O) groups excluding carboxylic acids is 1. The van der Waals surface area contributed by atoms with Crippen molar-refractivity contribution in [2.45, 2.75) is 23.8 Å². The molecule has 128 valence electrons. The molecule has 0 spiro atoms. The zero-order valence-electron chi connectivity index (χ0n) is 13.0. The molecule has 1 unspecified atom stereocenters. The number of amides is 1. The molecule has 1 amide bonds. The second kappa shape index (κ2) is 5.90. The first-order valence-corrected chi connectivity index (χ1v) is 8.93. The molecule has 1 saturated heterocycles. The van der Waals surface area contributed by atoms with Gasteiger partial charge in [-0.2, -0.15) is 8.42 Å². The van der Waals surface area contributed by atoms with Crippen LogP contribution in [0.1, 0.15) is 18.4 Å². The van der Waals surface area contributed by atoms with Crippen LogP contribution in [0, 0.1) is 0 Å². The SMILES string of the molecule is CN(CC(=O)N1CCCC1C(=O)O)C1=NS(=O)(=O)c2ccccc21. The summed E-state index contributed by atoms with van der Waals surface area (Å²) in [4.78, 5) is 26.5. The normalized spacial score (nSPS) is 21.3. The summed E-state index contributed by atoms with van der Waals surface area (Å²) < 4.78 is 27.9. The standard InChI is InChI=1S/C15H17N3O5S/c1-17(9-13(19)18-8-4-6-11(18)15(20)21)14-10-5-2-3-7-12(10)24(22,23)16-14/h2-3,5,7,11H,4,6,8-9H2,1H3,(H,20,21). The van der Waals surface area contributed by atoms with E-state index in [1.807, 2.05) is 0 Å². The van der Waals surface area contributed by atoms with Crippen LogP contribution in [0.4, 0.5) is 0 Å². The fraction of sp³-hybridized carbons (Fsp3) is 0.400. The van der Waals surface area contributed by atoms with Crippen molar-refractivity contribution in [1.29, 1.82) is 0 Å². The Bertz CT molecular complexity index is 833. The van der Waals surface area contributed by atoms with E-state index < -0.39 is 22.0 Å². The number of sulfonamides is 1. The van der Waals surface area contributed by atoms with E-state index in [-0.39, 0.29) is 23.2 Å². The minimum Gasteiger partial charge on any atom is -0.480 e. The summed E-state index contributed by atoms with van der Waals surface area (Å²) in [5.74, 6) is -1.17. The minimum absolute atomic E-state index is 0.115. The molecule has 1 aromatic carbocycles. The van der Waals surface area contributed by atoms with Crippen LogP contribution >= 0.6 is 0 Å². The molecule has 0 radical (unpaired) electrons. The van der Waals surface area contributed by atoms with E-state index in [0.29, 0.717) is 24.9 Å². The Balaban J connectivity index is 1.80. The van der Waals surface area contributed by atoms with Gasteiger partial charge in [-0.25, -0.2) is 4.79 Å². The van der Waals surface area contributed by atoms with Crippen LogP contribution in [0.3, 0.4) is 0 Å². The highest BCUT2D eigenvalue weighted by Crippen LogP contribution is 2.27. The first kappa shape index (κ1) is 16.4. The molecule has 0 aromatic heterocycles. The number of carbonyl (C=O) groups is 2. The van der Waals surface area contributed by atoms with Crippen molar-refractivity contribution in [3.63, 3.8) is 0 Å². The van der Waals surface area contributed by atoms with Gasteiger partial charge in [-0.3, -0.25) is 4.79 Å². The van der Waals surface area contributed by atoms with Crippen molar-refractivity contribution in [2.75, 3.05) is 20.1 Å². The Kier molecular flexibility index (Phi) is 4.04. The summed E-state index contributed by atoms with van der Waals surface area (Å²) in [5, 5.41) is 9.17. The van der Waals surface area contributed by atoms with E-state index >= 15 is 0 Å². The van der Waals surface area contributed by atoms with E-state index in [1.165, 1.54) is 15.9 Å². The average molecular weight is 351 g/mol. The largest absolute Gasteiger partial charge is 0.480 e. The van der Waals surface area contributed by atoms with Gasteiger partial charge in [0.2, 0.25) is 5.91 Å². The minimum atomic E-state index is -3.75. The smallest absolute Gasteiger partial charge is 0.326 e. The molecule has 0 aliphatic carbocycles. The maximum absolute atomic E-state index is 12.4. The summed E-state index contributed by atoms with van der Waals surface area (Å²) in [7, 11) is -2.18. The molecular weight excluding hydrogens is 334 g/mol. The van der Waals surface area contributed by atoms with Crippen molar-refractivity contribution in [1.82, 2.24) is 9.80 Å². The van der Waals surface area contributed by atoms with Gasteiger partial charge in [-0.1, -0.05) is 12.1 Å². The monoisotopic (exact) mass is 351 g/mol. The number of carboxylic acid groups (broad SMARTS) is 1. The molecule has 2 heterocycles. The number of hydrogen-bond acceptors (Lipinski definition) is 5. The van der Waals surface area contributed by atoms with Gasteiger partial charge in [0.15, 0.2) is 5.84 Å². The van der Waals surface area contributed by atoms with Gasteiger partial charge in [0.25, 0.3) is 10.0 Å². The van der Waals surface area contributed by atoms with Crippen LogP contribution in [0.15, 0.2) is 33.6 Å². The lowest BCUT2D eigenvalue weighted by Crippen LogP contribution is -2.46. The predicted octanol–water partition coefficient (Wildman–Crippen LogP) is 0.143. The quantitative estimate of drug-likeness (QED) is 0.830. The summed E-state index contributed by atoms with van der Waals surface area (Å²) in [6.07, 6.45) is 1.08. The highest BCUT2D eigenvalue weighted by atomic mass is 32.2. The van der Waals surface area contributed by atoms with Crippen molar-refractivity contribution < 1.29 is 23.1 Å². The summed E-state index contributed by atoms with van der Waals surface area (Å²) in [6, 6.07) is 5.60. The number of nitrogens with zero attached hydrogens (tertiary/aromatic N) is 3. The second-order valence-electron chi connectivity index (χ2n) is 5.83. The number of hydrogen-bond donors (Lipinski definition) is 1. The topological polar surface area (TPSA) is 107 Å². The van der Waals surface area contributed by atoms with Gasteiger partial charge in [0.1, 0.15) is 10.9 Å². The third-order valence-corrected chi connectivity index (χ3v) is 5.53. The molecule has 8 nitrogen and oxygen atoms in total. The first-order valence-electron chi connectivity index (χ1n) is 7.49. The number of rotatable bonds is 3. The lowest BCUT2D eigenvalue weighted by molar-refractivity contribution is -0.148. The third-order valence-electron chi connectivity index (χ3n) is 4.20. The molecule has 1 atom stereocenters. The van der Waals surface area contributed by atoms with Crippen molar-refractivity contribution in [3.8, 4) is 0 Å². The van der Waals surface area contributed by atoms with Crippen LogP contribution in [0.25, 0.3) is 0 Å². The van der Waals surface area contributed by atoms with E-state index in [1.54, 1.807) is 25.2 Å². The number of likely N-dealkylation sites (tertiary alicyclic amines) is 1. The lowest BCUT2D eigenvalue weighted by Gasteiger charge is -2.25. The van der Waals surface area contributed by atoms with Gasteiger partial charge >= 0.3 is 5.97 Å². The van der Waals surface area contributed by atoms with Gasteiger partial charge in [-0.15, -0.1) is 4.40 Å². The number of fused-ring (bicyclic) bond motifs is 1. The molecule has 0 saturated carbocycles. The Morgan fingerprint density at radius 2 is 2.08 bits per heavy atom. The number of aliphatic carboxylic acids is 1. The fourth-order valence-electron chi connectivity index (χ4n) is 3.05. The number of likely N-dealkylation sites (N-methyl/N-ethyl adjacent to an activating group) is 1. The van der Waals surface area contributed by atoms with Gasteiger partial charge in [-0.05, 0) is 25.0 Å². The molecule has 2 aliphatic heterocycles. The zero-order valence-corrected chi connectivity index (χ0v) is 13.9. The number of carboxylic acids is 1. The summed E-state index contributed by atoms with van der Waals surface area (Å²) in [5.41, 5.74) is 0.448. The van der Waals surface area contributed by atoms with E-state index in [0.717, 1.165) is 0 Å². The Labute approximate surface area is 139 Å². The van der Waals surface area contributed by atoms with Crippen LogP contribution in [-0.4, -0.2) is 67.2 Å². The second-order valence-corrected chi connectivity index (χ2v) is 7.40. The van der Waals surface area contributed by atoms with Crippen molar-refractivity contribution in [3.05, 3.63) is 29.8 Å². The Morgan fingerprint density at radius 3 is 2.79 bits per heavy atom. The Morgan fingerprint density at radius 1 is 1.38 bits per heavy atom. The van der Waals surface area contributed by atoms with Crippen LogP contribution in [0.5, 0.6) is 0 Å². The maximum Gasteiger partial charge on any atom is 0.326 e. The molecule has 1 aromatic rings. The summed E-state index contributed by atoms with van der Waals surface area (Å²) >= 11 is 0. The van der Waals surface area contributed by atoms with Crippen LogP contribution < -0.4 is 0 Å². The van der Waals surface area contributed by atoms with Crippen LogP contribution in [-0.2, 0) is 19.6 Å². The third kappa shape index (κ3) is 2.75. The van der Waals surface area contributed by atoms with Crippen molar-refractivity contribution >= 4 is 27.7 Å². The molecule has 2 aliphatic rings. The molecule has 1 N–H and O–H groups in total. The zero-order chi connectivity index (χ0) is 17.5. The first-order chi connectivity index (χ1) is 11.3. The molecule has 1 fully saturated rings. The van der Waals surface area contributed by atoms with Gasteiger partial charge < -0.3 is 14.9 Å². The molecular formula is C15H17N3O5S. The van der Waals surface area contributed by atoms with E-state index in [4.69, 9.17) is 5.11 Å². The van der Waals surface area contributed by atoms with Crippen LogP contribution in [0.2, 0.25) is 0 Å². The number of benzene rings is 1. The predicted molar refractivity (Wildman–Crippen MR) is 85.2 cm³/mol. The van der Waals surface area contributed by atoms with E-state index in [2.05, 4.69) is 4.40 Å². The maximum atomic E-state index is 12.4. The lowest BCUT2D eigenvalue weighted by atomic mass is 10.2. The Hall–Kier alpha value is -2.42. The summed E-state index contributed by atoms with van der Waals surface area (Å²) in [6.45, 7) is 0.261. The van der Waals surface area contributed by atoms with Crippen molar-refractivity contribution in [2.24, 2.45) is 4.40 Å². The average Bonchev–Trinajstić information content (AvgIpc) is 3.11. The van der Waals surface area contributed by atoms with Gasteiger partial charge in [0, 0.05) is 19.2 Å². The molecule has 0 bridgehead atoms. The molecule has 3 rings (SSSR count). The molecule has 9 heteroatoms. The number of amidine groups is 1.